The maximum absolute atomic E-state index is 11.4. The van der Waals surface area contributed by atoms with Crippen LogP contribution in [0.1, 0.15) is 42.9 Å². The number of rotatable bonds is 4. The summed E-state index contributed by atoms with van der Waals surface area (Å²) in [5.41, 5.74) is 2.72. The van der Waals surface area contributed by atoms with Crippen molar-refractivity contribution in [3.63, 3.8) is 0 Å². The van der Waals surface area contributed by atoms with Gasteiger partial charge in [0.1, 0.15) is 0 Å². The molecular weight excluding hydrogens is 380 g/mol. The van der Waals surface area contributed by atoms with E-state index in [1.54, 1.807) is 6.20 Å². The van der Waals surface area contributed by atoms with E-state index in [1.165, 1.54) is 18.3 Å². The summed E-state index contributed by atoms with van der Waals surface area (Å²) >= 11 is 1.39. The van der Waals surface area contributed by atoms with Crippen LogP contribution in [0.25, 0.3) is 10.6 Å². The standard InChI is InChI=1S/C18H22N6O3S/c1-9(25)21-17-22-12-5-4-11-8-20-16(23-13(11)15(12)28-17)14(24-18(26)27)10-3-2-6-19-7-10/h8,10,14,19,24H,2-7H2,1H3,(H,26,27)(H,21,22,25). The van der Waals surface area contributed by atoms with Gasteiger partial charge in [-0.05, 0) is 43.7 Å². The zero-order valence-electron chi connectivity index (χ0n) is 15.5. The average molecular weight is 402 g/mol. The lowest BCUT2D eigenvalue weighted by Gasteiger charge is -2.30. The predicted octanol–water partition coefficient (Wildman–Crippen LogP) is 1.97. The van der Waals surface area contributed by atoms with Gasteiger partial charge in [0.2, 0.25) is 5.91 Å². The molecule has 2 aromatic rings. The fraction of sp³-hybridized carbons (Fsp3) is 0.500. The van der Waals surface area contributed by atoms with E-state index in [9.17, 15) is 14.7 Å². The monoisotopic (exact) mass is 402 g/mol. The number of nitrogens with one attached hydrogen (secondary N) is 3. The maximum atomic E-state index is 11.4. The molecule has 4 N–H and O–H groups in total. The second kappa shape index (κ2) is 7.80. The summed E-state index contributed by atoms with van der Waals surface area (Å²) in [6, 6.07) is -0.469. The number of fused-ring (bicyclic) bond motifs is 3. The van der Waals surface area contributed by atoms with Gasteiger partial charge in [0.05, 0.1) is 22.3 Å². The molecule has 2 unspecified atom stereocenters. The van der Waals surface area contributed by atoms with E-state index in [2.05, 4.69) is 25.9 Å². The molecule has 1 aliphatic carbocycles. The third kappa shape index (κ3) is 3.83. The first-order valence-electron chi connectivity index (χ1n) is 9.35. The van der Waals surface area contributed by atoms with Crippen molar-refractivity contribution < 1.29 is 14.7 Å². The molecule has 9 nitrogen and oxygen atoms in total. The fourth-order valence-electron chi connectivity index (χ4n) is 3.80. The molecule has 28 heavy (non-hydrogen) atoms. The number of anilines is 1. The van der Waals surface area contributed by atoms with Crippen molar-refractivity contribution >= 4 is 28.5 Å². The van der Waals surface area contributed by atoms with Gasteiger partial charge < -0.3 is 21.1 Å². The van der Waals surface area contributed by atoms with Crippen LogP contribution in [0, 0.1) is 5.92 Å². The number of piperidine rings is 1. The molecule has 2 atom stereocenters. The van der Waals surface area contributed by atoms with Crippen LogP contribution in [0.5, 0.6) is 0 Å². The molecular formula is C18H22N6O3S. The molecule has 4 rings (SSSR count). The van der Waals surface area contributed by atoms with Crippen LogP contribution in [0.4, 0.5) is 9.93 Å². The number of amides is 2. The van der Waals surface area contributed by atoms with Crippen LogP contribution < -0.4 is 16.0 Å². The van der Waals surface area contributed by atoms with Crippen LogP contribution in [-0.2, 0) is 17.6 Å². The highest BCUT2D eigenvalue weighted by atomic mass is 32.1. The second-order valence-corrected chi connectivity index (χ2v) is 8.11. The van der Waals surface area contributed by atoms with Gasteiger partial charge in [-0.15, -0.1) is 0 Å². The highest BCUT2D eigenvalue weighted by Crippen LogP contribution is 2.39. The number of thiazole rings is 1. The first kappa shape index (κ1) is 18.8. The van der Waals surface area contributed by atoms with E-state index in [4.69, 9.17) is 4.98 Å². The molecule has 0 spiro atoms. The van der Waals surface area contributed by atoms with E-state index in [1.807, 2.05) is 0 Å². The Morgan fingerprint density at radius 1 is 1.36 bits per heavy atom. The van der Waals surface area contributed by atoms with Gasteiger partial charge in [0, 0.05) is 19.7 Å². The van der Waals surface area contributed by atoms with Gasteiger partial charge >= 0.3 is 6.09 Å². The summed E-state index contributed by atoms with van der Waals surface area (Å²) in [6.45, 7) is 3.12. The Morgan fingerprint density at radius 2 is 2.21 bits per heavy atom. The maximum Gasteiger partial charge on any atom is 0.405 e. The number of hydrogen-bond donors (Lipinski definition) is 4. The minimum absolute atomic E-state index is 0.0994. The molecule has 3 heterocycles. The lowest BCUT2D eigenvalue weighted by Crippen LogP contribution is -2.41. The molecule has 1 aliphatic heterocycles. The summed E-state index contributed by atoms with van der Waals surface area (Å²) in [5, 5.41) is 18.5. The molecule has 1 fully saturated rings. The second-order valence-electron chi connectivity index (χ2n) is 7.11. The Labute approximate surface area is 166 Å². The Bertz CT molecular complexity index is 909. The van der Waals surface area contributed by atoms with Crippen LogP contribution in [0.15, 0.2) is 6.20 Å². The number of carboxylic acid groups (broad SMARTS) is 1. The third-order valence-corrected chi connectivity index (χ3v) is 6.09. The lowest BCUT2D eigenvalue weighted by molar-refractivity contribution is -0.114. The van der Waals surface area contributed by atoms with Gasteiger partial charge in [-0.2, -0.15) is 0 Å². The largest absolute Gasteiger partial charge is 0.465 e. The number of hydrogen-bond acceptors (Lipinski definition) is 7. The van der Waals surface area contributed by atoms with Gasteiger partial charge in [-0.3, -0.25) is 4.79 Å². The smallest absolute Gasteiger partial charge is 0.405 e. The SMILES string of the molecule is CC(=O)Nc1nc2c(s1)-c1nc(C(NC(=O)O)C3CCCNC3)ncc1CC2. The molecule has 10 heteroatoms. The normalized spacial score (nSPS) is 19.2. The van der Waals surface area contributed by atoms with E-state index >= 15 is 0 Å². The van der Waals surface area contributed by atoms with Crippen molar-refractivity contribution in [1.29, 1.82) is 0 Å². The number of aryl methyl sites for hydroxylation is 2. The minimum Gasteiger partial charge on any atom is -0.465 e. The number of aromatic nitrogens is 3. The first-order valence-corrected chi connectivity index (χ1v) is 10.2. The lowest BCUT2D eigenvalue weighted by atomic mass is 9.90. The van der Waals surface area contributed by atoms with Crippen LogP contribution in [-0.4, -0.2) is 45.1 Å². The summed E-state index contributed by atoms with van der Waals surface area (Å²) in [7, 11) is 0. The molecule has 148 valence electrons. The quantitative estimate of drug-likeness (QED) is 0.615. The van der Waals surface area contributed by atoms with Crippen LogP contribution in [0.3, 0.4) is 0 Å². The molecule has 0 saturated carbocycles. The molecule has 1 saturated heterocycles. The van der Waals surface area contributed by atoms with E-state index in [0.717, 1.165) is 60.6 Å². The molecule has 0 aromatic carbocycles. The van der Waals surface area contributed by atoms with Crippen LogP contribution in [0.2, 0.25) is 0 Å². The highest BCUT2D eigenvalue weighted by molar-refractivity contribution is 7.19. The zero-order chi connectivity index (χ0) is 19.7. The van der Waals surface area contributed by atoms with Crippen molar-refractivity contribution in [2.75, 3.05) is 18.4 Å². The van der Waals surface area contributed by atoms with E-state index in [-0.39, 0.29) is 11.8 Å². The number of carbonyl (C=O) groups is 2. The highest BCUT2D eigenvalue weighted by Gasteiger charge is 2.31. The average Bonchev–Trinajstić information content (AvgIpc) is 3.08. The van der Waals surface area contributed by atoms with Crippen LogP contribution >= 0.6 is 11.3 Å². The van der Waals surface area contributed by atoms with Gasteiger partial charge in [0.25, 0.3) is 0 Å². The topological polar surface area (TPSA) is 129 Å². The van der Waals surface area contributed by atoms with E-state index in [0.29, 0.717) is 11.0 Å². The Balaban J connectivity index is 1.70. The van der Waals surface area contributed by atoms with Crippen molar-refractivity contribution in [3.05, 3.63) is 23.3 Å². The Hall–Kier alpha value is -2.59. The van der Waals surface area contributed by atoms with Crippen molar-refractivity contribution in [2.24, 2.45) is 5.92 Å². The van der Waals surface area contributed by atoms with Gasteiger partial charge in [-0.1, -0.05) is 11.3 Å². The first-order chi connectivity index (χ1) is 13.5. The van der Waals surface area contributed by atoms with E-state index < -0.39 is 12.1 Å². The van der Waals surface area contributed by atoms with Crippen molar-refractivity contribution in [3.8, 4) is 10.6 Å². The van der Waals surface area contributed by atoms with Crippen molar-refractivity contribution in [2.45, 2.75) is 38.6 Å². The predicted molar refractivity (Wildman–Crippen MR) is 104 cm³/mol. The van der Waals surface area contributed by atoms with Crippen molar-refractivity contribution in [1.82, 2.24) is 25.6 Å². The summed E-state index contributed by atoms with van der Waals surface area (Å²) in [5.74, 6) is 0.421. The van der Waals surface area contributed by atoms with Gasteiger partial charge in [-0.25, -0.2) is 19.7 Å². The molecule has 2 amide bonds. The summed E-state index contributed by atoms with van der Waals surface area (Å²) < 4.78 is 0. The summed E-state index contributed by atoms with van der Waals surface area (Å²) in [4.78, 5) is 37.4. The minimum atomic E-state index is -1.08. The molecule has 2 aliphatic rings. The molecule has 0 bridgehead atoms. The Morgan fingerprint density at radius 3 is 2.93 bits per heavy atom. The fourth-order valence-corrected chi connectivity index (χ4v) is 4.89. The Kier molecular flexibility index (Phi) is 5.23. The summed E-state index contributed by atoms with van der Waals surface area (Å²) in [6.07, 6.45) is 4.16. The number of nitrogens with zero attached hydrogens (tertiary/aromatic N) is 3. The zero-order valence-corrected chi connectivity index (χ0v) is 16.3. The molecule has 2 aromatic heterocycles. The molecule has 0 radical (unpaired) electrons. The third-order valence-electron chi connectivity index (χ3n) is 5.07. The van der Waals surface area contributed by atoms with Gasteiger partial charge in [0.15, 0.2) is 11.0 Å². The number of carbonyl (C=O) groups excluding carboxylic acids is 1.